The lowest BCUT2D eigenvalue weighted by molar-refractivity contribution is 0.0759. The minimum atomic E-state index is 0. The van der Waals surface area contributed by atoms with Crippen molar-refractivity contribution in [3.63, 3.8) is 0 Å². The highest BCUT2D eigenvalue weighted by atomic mass is 35.5. The van der Waals surface area contributed by atoms with E-state index in [1.165, 1.54) is 32.1 Å². The van der Waals surface area contributed by atoms with Gasteiger partial charge in [0.05, 0.1) is 10.6 Å². The molecule has 21 heavy (non-hydrogen) atoms. The molecule has 1 saturated carbocycles. The van der Waals surface area contributed by atoms with Gasteiger partial charge in [-0.25, -0.2) is 0 Å². The third-order valence-electron chi connectivity index (χ3n) is 4.86. The molecule has 2 aliphatic rings. The van der Waals surface area contributed by atoms with Gasteiger partial charge in [0.15, 0.2) is 0 Å². The summed E-state index contributed by atoms with van der Waals surface area (Å²) in [5, 5.41) is 0.458. The molecule has 0 unspecified atom stereocenters. The Labute approximate surface area is 137 Å². The van der Waals surface area contributed by atoms with Crippen LogP contribution in [0.4, 0.5) is 5.69 Å². The lowest BCUT2D eigenvalue weighted by Crippen LogP contribution is -2.33. The first-order chi connectivity index (χ1) is 9.60. The zero-order valence-electron chi connectivity index (χ0n) is 12.1. The molecule has 1 aromatic rings. The lowest BCUT2D eigenvalue weighted by atomic mass is 9.73. The lowest BCUT2D eigenvalue weighted by Gasteiger charge is -2.33. The molecule has 5 heteroatoms. The topological polar surface area (TPSA) is 46.3 Å². The SMILES string of the molecule is Cl.Nc1ccc(C(=O)N2CCC3(CCCCC3)C2)c(Cl)c1. The van der Waals surface area contributed by atoms with Crippen molar-refractivity contribution in [2.45, 2.75) is 38.5 Å². The van der Waals surface area contributed by atoms with E-state index in [0.29, 0.717) is 21.7 Å². The van der Waals surface area contributed by atoms with Gasteiger partial charge in [-0.15, -0.1) is 12.4 Å². The van der Waals surface area contributed by atoms with Gasteiger partial charge in [-0.1, -0.05) is 30.9 Å². The van der Waals surface area contributed by atoms with Crippen LogP contribution in [0.5, 0.6) is 0 Å². The van der Waals surface area contributed by atoms with Gasteiger partial charge in [-0.05, 0) is 42.9 Å². The Hall–Kier alpha value is -0.930. The van der Waals surface area contributed by atoms with Crippen LogP contribution in [0, 0.1) is 5.41 Å². The van der Waals surface area contributed by atoms with Crippen molar-refractivity contribution in [1.29, 1.82) is 0 Å². The van der Waals surface area contributed by atoms with Crippen molar-refractivity contribution in [1.82, 2.24) is 4.90 Å². The van der Waals surface area contributed by atoms with Crippen molar-refractivity contribution < 1.29 is 4.79 Å². The summed E-state index contributed by atoms with van der Waals surface area (Å²) in [4.78, 5) is 14.6. The molecule has 1 heterocycles. The van der Waals surface area contributed by atoms with Gasteiger partial charge in [0.25, 0.3) is 5.91 Å². The summed E-state index contributed by atoms with van der Waals surface area (Å²) in [7, 11) is 0. The number of hydrogen-bond acceptors (Lipinski definition) is 2. The van der Waals surface area contributed by atoms with Crippen LogP contribution in [0.2, 0.25) is 5.02 Å². The van der Waals surface area contributed by atoms with Gasteiger partial charge < -0.3 is 10.6 Å². The molecule has 3 nitrogen and oxygen atoms in total. The molecule has 1 saturated heterocycles. The number of carbonyl (C=O) groups is 1. The van der Waals surface area contributed by atoms with Gasteiger partial charge in [0.2, 0.25) is 0 Å². The van der Waals surface area contributed by atoms with Crippen LogP contribution in [-0.4, -0.2) is 23.9 Å². The molecule has 3 rings (SSSR count). The third kappa shape index (κ3) is 3.29. The minimum Gasteiger partial charge on any atom is -0.399 e. The number of anilines is 1. The summed E-state index contributed by atoms with van der Waals surface area (Å²) in [5.41, 5.74) is 7.24. The molecule has 0 bridgehead atoms. The Bertz CT molecular complexity index is 527. The average molecular weight is 329 g/mol. The third-order valence-corrected chi connectivity index (χ3v) is 5.18. The number of benzene rings is 1. The number of amides is 1. The number of likely N-dealkylation sites (tertiary alicyclic amines) is 1. The molecular formula is C16H22Cl2N2O. The van der Waals surface area contributed by atoms with Gasteiger partial charge in [-0.3, -0.25) is 4.79 Å². The molecule has 2 N–H and O–H groups in total. The quantitative estimate of drug-likeness (QED) is 0.787. The highest BCUT2D eigenvalue weighted by molar-refractivity contribution is 6.34. The van der Waals surface area contributed by atoms with Crippen LogP contribution >= 0.6 is 24.0 Å². The number of hydrogen-bond donors (Lipinski definition) is 1. The predicted octanol–water partition coefficient (Wildman–Crippen LogP) is 4.14. The number of halogens is 2. The van der Waals surface area contributed by atoms with Crippen molar-refractivity contribution in [3.05, 3.63) is 28.8 Å². The van der Waals surface area contributed by atoms with Gasteiger partial charge in [0, 0.05) is 18.8 Å². The molecule has 1 aliphatic heterocycles. The molecule has 1 aliphatic carbocycles. The van der Waals surface area contributed by atoms with Gasteiger partial charge in [0.1, 0.15) is 0 Å². The number of nitrogens with zero attached hydrogens (tertiary/aromatic N) is 1. The maximum absolute atomic E-state index is 12.6. The zero-order valence-corrected chi connectivity index (χ0v) is 13.7. The first-order valence-corrected chi connectivity index (χ1v) is 7.82. The summed E-state index contributed by atoms with van der Waals surface area (Å²) in [6, 6.07) is 5.14. The van der Waals surface area contributed by atoms with Crippen LogP contribution < -0.4 is 5.73 Å². The van der Waals surface area contributed by atoms with E-state index in [1.54, 1.807) is 18.2 Å². The van der Waals surface area contributed by atoms with Crippen molar-refractivity contribution in [2.24, 2.45) is 5.41 Å². The number of rotatable bonds is 1. The number of carbonyl (C=O) groups excluding carboxylic acids is 1. The van der Waals surface area contributed by atoms with E-state index in [9.17, 15) is 4.79 Å². The maximum atomic E-state index is 12.6. The first kappa shape index (κ1) is 16.4. The van der Waals surface area contributed by atoms with E-state index < -0.39 is 0 Å². The van der Waals surface area contributed by atoms with Gasteiger partial charge in [-0.2, -0.15) is 0 Å². The maximum Gasteiger partial charge on any atom is 0.255 e. The fraction of sp³-hybridized carbons (Fsp3) is 0.562. The van der Waals surface area contributed by atoms with Crippen molar-refractivity contribution in [3.8, 4) is 0 Å². The van der Waals surface area contributed by atoms with E-state index in [4.69, 9.17) is 17.3 Å². The van der Waals surface area contributed by atoms with Crippen LogP contribution in [0.1, 0.15) is 48.9 Å². The Kier molecular flexibility index (Phi) is 5.05. The summed E-state index contributed by atoms with van der Waals surface area (Å²) < 4.78 is 0. The van der Waals surface area contributed by atoms with E-state index in [2.05, 4.69) is 0 Å². The summed E-state index contributed by atoms with van der Waals surface area (Å²) in [6.45, 7) is 1.76. The molecule has 0 aromatic heterocycles. The van der Waals surface area contributed by atoms with Crippen molar-refractivity contribution >= 4 is 35.6 Å². The fourth-order valence-electron chi connectivity index (χ4n) is 3.69. The molecule has 1 aromatic carbocycles. The van der Waals surface area contributed by atoms with Crippen LogP contribution in [0.15, 0.2) is 18.2 Å². The zero-order chi connectivity index (χ0) is 14.2. The van der Waals surface area contributed by atoms with Crippen LogP contribution in [-0.2, 0) is 0 Å². The highest BCUT2D eigenvalue weighted by Gasteiger charge is 2.40. The Morgan fingerprint density at radius 1 is 1.19 bits per heavy atom. The molecule has 116 valence electrons. The van der Waals surface area contributed by atoms with Crippen LogP contribution in [0.3, 0.4) is 0 Å². The Morgan fingerprint density at radius 2 is 1.90 bits per heavy atom. The van der Waals surface area contributed by atoms with E-state index in [0.717, 1.165) is 19.5 Å². The van der Waals surface area contributed by atoms with Crippen LogP contribution in [0.25, 0.3) is 0 Å². The van der Waals surface area contributed by atoms with E-state index >= 15 is 0 Å². The number of nitrogens with two attached hydrogens (primary N) is 1. The molecule has 1 amide bonds. The monoisotopic (exact) mass is 328 g/mol. The second kappa shape index (κ2) is 6.45. The summed E-state index contributed by atoms with van der Waals surface area (Å²) in [5.74, 6) is 0.0532. The summed E-state index contributed by atoms with van der Waals surface area (Å²) in [6.07, 6.45) is 7.65. The molecule has 2 fully saturated rings. The smallest absolute Gasteiger partial charge is 0.255 e. The molecule has 0 atom stereocenters. The molecule has 0 radical (unpaired) electrons. The molecule has 1 spiro atoms. The molecular weight excluding hydrogens is 307 g/mol. The Morgan fingerprint density at radius 3 is 2.57 bits per heavy atom. The van der Waals surface area contributed by atoms with Gasteiger partial charge >= 0.3 is 0 Å². The number of nitrogen functional groups attached to an aromatic ring is 1. The average Bonchev–Trinajstić information content (AvgIpc) is 2.83. The second-order valence-electron chi connectivity index (χ2n) is 6.28. The standard InChI is InChI=1S/C16H21ClN2O.ClH/c17-14-10-12(18)4-5-13(14)15(20)19-9-8-16(11-19)6-2-1-3-7-16;/h4-5,10H,1-3,6-9,11,18H2;1H. The largest absolute Gasteiger partial charge is 0.399 e. The first-order valence-electron chi connectivity index (χ1n) is 7.44. The normalized spacial score (nSPS) is 20.3. The minimum absolute atomic E-state index is 0. The van der Waals surface area contributed by atoms with Crippen molar-refractivity contribution in [2.75, 3.05) is 18.8 Å². The summed E-state index contributed by atoms with van der Waals surface area (Å²) >= 11 is 6.15. The van der Waals surface area contributed by atoms with E-state index in [-0.39, 0.29) is 18.3 Å². The van der Waals surface area contributed by atoms with E-state index in [1.807, 2.05) is 4.90 Å². The fourth-order valence-corrected chi connectivity index (χ4v) is 3.96. The Balaban J connectivity index is 0.00000161. The second-order valence-corrected chi connectivity index (χ2v) is 6.68. The highest BCUT2D eigenvalue weighted by Crippen LogP contribution is 2.44. The predicted molar refractivity (Wildman–Crippen MR) is 89.2 cm³/mol.